The Hall–Kier alpha value is -2.04. The molecular formula is C10H17N3O7S. The Morgan fingerprint density at radius 3 is 2.57 bits per heavy atom. The number of ether oxygens (including phenoxy) is 1. The van der Waals surface area contributed by atoms with Crippen LogP contribution in [0.25, 0.3) is 0 Å². The Bertz CT molecular complexity index is 391. The molecule has 0 aliphatic rings. The fraction of sp³-hybridized carbons (Fsp3) is 0.700. The fourth-order valence-corrected chi connectivity index (χ4v) is 1.90. The number of hydrogen-bond acceptors (Lipinski definition) is 8. The van der Waals surface area contributed by atoms with E-state index in [1.165, 1.54) is 6.92 Å². The van der Waals surface area contributed by atoms with Crippen molar-refractivity contribution in [2.45, 2.75) is 19.9 Å². The van der Waals surface area contributed by atoms with Crippen molar-refractivity contribution >= 4 is 28.9 Å². The van der Waals surface area contributed by atoms with E-state index in [9.17, 15) is 24.5 Å². The highest BCUT2D eigenvalue weighted by molar-refractivity contribution is 8.13. The topological polar surface area (TPSA) is 137 Å². The van der Waals surface area contributed by atoms with Crippen molar-refractivity contribution in [2.75, 3.05) is 25.5 Å². The van der Waals surface area contributed by atoms with Crippen LogP contribution in [-0.2, 0) is 19.2 Å². The van der Waals surface area contributed by atoms with Crippen molar-refractivity contribution < 1.29 is 29.0 Å². The van der Waals surface area contributed by atoms with Gasteiger partial charge in [0.2, 0.25) is 11.8 Å². The monoisotopic (exact) mass is 323 g/mol. The molecule has 2 amide bonds. The van der Waals surface area contributed by atoms with Gasteiger partial charge in [-0.15, -0.1) is 10.1 Å². The van der Waals surface area contributed by atoms with E-state index in [1.807, 2.05) is 0 Å². The number of nitrogens with zero attached hydrogens (tertiary/aromatic N) is 1. The summed E-state index contributed by atoms with van der Waals surface area (Å²) in [6.45, 7) is 2.68. The number of thioether (sulfide) groups is 1. The quantitative estimate of drug-likeness (QED) is 0.255. The molecule has 0 bridgehead atoms. The zero-order valence-electron chi connectivity index (χ0n) is 11.6. The van der Waals surface area contributed by atoms with Gasteiger partial charge in [-0.05, 0) is 18.7 Å². The molecule has 11 heteroatoms. The molecule has 21 heavy (non-hydrogen) atoms. The minimum atomic E-state index is -0.978. The zero-order chi connectivity index (χ0) is 16.3. The van der Waals surface area contributed by atoms with Crippen LogP contribution in [0, 0.1) is 10.1 Å². The number of rotatable bonds is 9. The Kier molecular flexibility index (Phi) is 9.67. The second-order valence-corrected chi connectivity index (χ2v) is 4.55. The molecule has 0 spiro atoms. The summed E-state index contributed by atoms with van der Waals surface area (Å²) in [5.41, 5.74) is 0. The normalized spacial score (nSPS) is 11.1. The maximum atomic E-state index is 11.8. The molecule has 0 aromatic rings. The molecule has 0 radical (unpaired) electrons. The predicted octanol–water partition coefficient (Wildman–Crippen LogP) is -0.295. The van der Waals surface area contributed by atoms with Crippen LogP contribution in [0.15, 0.2) is 0 Å². The smallest absolute Gasteiger partial charge is 0.367 e. The first-order chi connectivity index (χ1) is 9.86. The Balaban J connectivity index is 4.25. The van der Waals surface area contributed by atoms with Gasteiger partial charge in [-0.3, -0.25) is 9.59 Å². The van der Waals surface area contributed by atoms with Crippen LogP contribution in [-0.4, -0.2) is 53.8 Å². The van der Waals surface area contributed by atoms with Gasteiger partial charge in [-0.25, -0.2) is 4.79 Å². The first-order valence-corrected chi connectivity index (χ1v) is 6.97. The third-order valence-corrected chi connectivity index (χ3v) is 2.78. The standard InChI is InChI=1S/C10H17N3O7S/c1-3-19-10(16)21-6-8(12-7(2)14)9(15)11-4-5-20-13(17)18/h8H,3-6H2,1-2H3,(H,11,15)(H,12,14). The van der Waals surface area contributed by atoms with Crippen molar-refractivity contribution in [1.29, 1.82) is 0 Å². The van der Waals surface area contributed by atoms with E-state index in [4.69, 9.17) is 0 Å². The lowest BCUT2D eigenvalue weighted by Crippen LogP contribution is -2.48. The second kappa shape index (κ2) is 10.7. The zero-order valence-corrected chi connectivity index (χ0v) is 12.4. The second-order valence-electron chi connectivity index (χ2n) is 3.59. The van der Waals surface area contributed by atoms with Crippen LogP contribution in [0.3, 0.4) is 0 Å². The Morgan fingerprint density at radius 2 is 2.05 bits per heavy atom. The predicted molar refractivity (Wildman–Crippen MR) is 73.0 cm³/mol. The summed E-state index contributed by atoms with van der Waals surface area (Å²) in [5, 5.41) is 13.1. The van der Waals surface area contributed by atoms with E-state index < -0.39 is 28.2 Å². The van der Waals surface area contributed by atoms with Crippen molar-refractivity contribution in [2.24, 2.45) is 0 Å². The summed E-state index contributed by atoms with van der Waals surface area (Å²) in [5.74, 6) is -1.03. The molecule has 0 fully saturated rings. The molecule has 0 saturated heterocycles. The molecular weight excluding hydrogens is 306 g/mol. The van der Waals surface area contributed by atoms with Gasteiger partial charge in [0.1, 0.15) is 12.6 Å². The number of carbonyl (C=O) groups excluding carboxylic acids is 3. The van der Waals surface area contributed by atoms with Gasteiger partial charge in [0, 0.05) is 19.2 Å². The highest BCUT2D eigenvalue weighted by Crippen LogP contribution is 2.07. The van der Waals surface area contributed by atoms with Gasteiger partial charge < -0.3 is 20.2 Å². The first kappa shape index (κ1) is 19.0. The summed E-state index contributed by atoms with van der Waals surface area (Å²) in [4.78, 5) is 47.9. The van der Waals surface area contributed by atoms with Gasteiger partial charge >= 0.3 is 5.30 Å². The average molecular weight is 323 g/mol. The van der Waals surface area contributed by atoms with Crippen molar-refractivity contribution in [1.82, 2.24) is 10.6 Å². The summed E-state index contributed by atoms with van der Waals surface area (Å²) in [7, 11) is 0. The molecule has 120 valence electrons. The van der Waals surface area contributed by atoms with Crippen LogP contribution >= 0.6 is 11.8 Å². The number of nitrogens with one attached hydrogen (secondary N) is 2. The SMILES string of the molecule is CCOC(=O)SCC(NC(C)=O)C(=O)NCCO[N+](=O)[O-]. The van der Waals surface area contributed by atoms with Crippen molar-refractivity contribution in [3.63, 3.8) is 0 Å². The molecule has 0 aromatic carbocycles. The maximum Gasteiger partial charge on any atom is 0.367 e. The van der Waals surface area contributed by atoms with Crippen LogP contribution < -0.4 is 10.6 Å². The molecule has 2 N–H and O–H groups in total. The van der Waals surface area contributed by atoms with Gasteiger partial charge in [0.15, 0.2) is 0 Å². The fourth-order valence-electron chi connectivity index (χ4n) is 1.16. The Morgan fingerprint density at radius 1 is 1.38 bits per heavy atom. The molecule has 0 aromatic heterocycles. The van der Waals surface area contributed by atoms with Crippen LogP contribution in [0.1, 0.15) is 13.8 Å². The summed E-state index contributed by atoms with van der Waals surface area (Å²) >= 11 is 0.747. The first-order valence-electron chi connectivity index (χ1n) is 5.98. The van der Waals surface area contributed by atoms with E-state index >= 15 is 0 Å². The average Bonchev–Trinajstić information content (AvgIpc) is 2.39. The largest absolute Gasteiger partial charge is 0.458 e. The van der Waals surface area contributed by atoms with E-state index in [0.717, 1.165) is 11.8 Å². The van der Waals surface area contributed by atoms with E-state index in [1.54, 1.807) is 6.92 Å². The lowest BCUT2D eigenvalue weighted by Gasteiger charge is -2.16. The third-order valence-electron chi connectivity index (χ3n) is 1.92. The van der Waals surface area contributed by atoms with Crippen LogP contribution in [0.2, 0.25) is 0 Å². The Labute approximate surface area is 125 Å². The highest BCUT2D eigenvalue weighted by atomic mass is 32.2. The van der Waals surface area contributed by atoms with E-state index in [2.05, 4.69) is 20.2 Å². The molecule has 0 aliphatic carbocycles. The lowest BCUT2D eigenvalue weighted by atomic mass is 10.3. The van der Waals surface area contributed by atoms with E-state index in [-0.39, 0.29) is 25.5 Å². The lowest BCUT2D eigenvalue weighted by molar-refractivity contribution is -0.757. The number of amides is 2. The van der Waals surface area contributed by atoms with Gasteiger partial charge in [-0.2, -0.15) is 0 Å². The van der Waals surface area contributed by atoms with Crippen molar-refractivity contribution in [3.8, 4) is 0 Å². The molecule has 1 atom stereocenters. The van der Waals surface area contributed by atoms with E-state index in [0.29, 0.717) is 0 Å². The van der Waals surface area contributed by atoms with Crippen LogP contribution in [0.5, 0.6) is 0 Å². The molecule has 10 nitrogen and oxygen atoms in total. The molecule has 0 saturated carbocycles. The van der Waals surface area contributed by atoms with Gasteiger partial charge in [0.05, 0.1) is 6.61 Å². The summed E-state index contributed by atoms with van der Waals surface area (Å²) in [6, 6.07) is -0.951. The maximum absolute atomic E-state index is 11.8. The van der Waals surface area contributed by atoms with Gasteiger partial charge in [-0.1, -0.05) is 0 Å². The highest BCUT2D eigenvalue weighted by Gasteiger charge is 2.21. The summed E-state index contributed by atoms with van der Waals surface area (Å²) in [6.07, 6.45) is 0. The molecule has 0 heterocycles. The number of carbonyl (C=O) groups is 3. The molecule has 0 rings (SSSR count). The third kappa shape index (κ3) is 10.4. The molecule has 0 aliphatic heterocycles. The minimum absolute atomic E-state index is 0.0136. The van der Waals surface area contributed by atoms with Gasteiger partial charge in [0.25, 0.3) is 5.09 Å². The summed E-state index contributed by atoms with van der Waals surface area (Å²) < 4.78 is 4.69. The van der Waals surface area contributed by atoms with Crippen LogP contribution in [0.4, 0.5) is 4.79 Å². The minimum Gasteiger partial charge on any atom is -0.458 e. The van der Waals surface area contributed by atoms with Crippen molar-refractivity contribution in [3.05, 3.63) is 10.1 Å². The number of hydrogen-bond donors (Lipinski definition) is 2. The molecule has 1 unspecified atom stereocenters.